The Morgan fingerprint density at radius 1 is 1.05 bits per heavy atom. The largest absolute Gasteiger partial charge is 0.482 e. The molecule has 3 heterocycles. The third-order valence-corrected chi connectivity index (χ3v) is 11.0. The molecule has 12 nitrogen and oxygen atoms in total. The van der Waals surface area contributed by atoms with E-state index in [1.165, 1.54) is 10.6 Å². The Hall–Kier alpha value is -4.48. The van der Waals surface area contributed by atoms with Gasteiger partial charge in [0, 0.05) is 32.3 Å². The Morgan fingerprint density at radius 3 is 2.58 bits per heavy atom. The number of carbonyl (C=O) groups is 4. The molecule has 0 unspecified atom stereocenters. The molecule has 4 amide bonds. The highest BCUT2D eigenvalue weighted by atomic mass is 16.5. The van der Waals surface area contributed by atoms with Gasteiger partial charge in [-0.1, -0.05) is 6.07 Å². The van der Waals surface area contributed by atoms with Gasteiger partial charge < -0.3 is 26.0 Å². The van der Waals surface area contributed by atoms with Crippen molar-refractivity contribution in [2.45, 2.75) is 6.54 Å². The quantitative estimate of drug-likeness (QED) is 0.334. The first-order valence-corrected chi connectivity index (χ1v) is 13.6. The Morgan fingerprint density at radius 2 is 1.82 bits per heavy atom. The second kappa shape index (κ2) is 6.98. The summed E-state index contributed by atoms with van der Waals surface area (Å²) in [6.07, 6.45) is 1.54. The highest BCUT2D eigenvalue weighted by Crippen LogP contribution is 3.10. The van der Waals surface area contributed by atoms with E-state index in [0.717, 1.165) is 5.56 Å². The Labute approximate surface area is 227 Å². The molecule has 0 bridgehead atoms. The SMILES string of the molecule is CNC(=O)C12C3C4C1C1C2C3C41CNC(=O)c1cc(C(=O)NCc2ccc3c(c2)NC(=O)CO3)nc2ccnn12. The van der Waals surface area contributed by atoms with Gasteiger partial charge >= 0.3 is 0 Å². The number of ether oxygens (including phenoxy) is 1. The minimum Gasteiger partial charge on any atom is -0.482 e. The van der Waals surface area contributed by atoms with Crippen LogP contribution >= 0.6 is 0 Å². The number of hydrogen-bond acceptors (Lipinski definition) is 7. The standard InChI is InChI=1S/C28H25N7O5/c1-29-26(39)28-21-18-22(28)20-23(28)19(21)27(18,20)10-31-25(38)14-7-13(33-16-4-5-32-35(14)16)24(37)30-8-11-2-3-15-12(6-11)34-17(36)9-40-15/h2-7,18-23H,8-10H2,1H3,(H,29,39)(H,30,37)(H,31,38)(H,34,36). The lowest BCUT2D eigenvalue weighted by Gasteiger charge is -3.10. The van der Waals surface area contributed by atoms with Crippen molar-refractivity contribution in [2.24, 2.45) is 46.3 Å². The number of hydrogen-bond donors (Lipinski definition) is 4. The molecular weight excluding hydrogens is 514 g/mol. The van der Waals surface area contributed by atoms with Gasteiger partial charge in [-0.05, 0) is 58.6 Å². The highest BCUT2D eigenvalue weighted by molar-refractivity contribution is 5.99. The van der Waals surface area contributed by atoms with E-state index in [1.54, 1.807) is 31.4 Å². The van der Waals surface area contributed by atoms with Crippen molar-refractivity contribution in [3.8, 4) is 5.75 Å². The Bertz CT molecular complexity index is 1680. The molecule has 6 fully saturated rings. The van der Waals surface area contributed by atoms with Gasteiger partial charge in [-0.25, -0.2) is 9.50 Å². The number of aromatic nitrogens is 3. The maximum absolute atomic E-state index is 13.4. The van der Waals surface area contributed by atoms with E-state index < -0.39 is 5.91 Å². The van der Waals surface area contributed by atoms with Crippen LogP contribution in [-0.2, 0) is 16.1 Å². The predicted octanol–water partition coefficient (Wildman–Crippen LogP) is 0.204. The molecule has 40 heavy (non-hydrogen) atoms. The van der Waals surface area contributed by atoms with Crippen molar-refractivity contribution < 1.29 is 23.9 Å². The first-order chi connectivity index (χ1) is 19.4. The number of amides is 4. The summed E-state index contributed by atoms with van der Waals surface area (Å²) in [4.78, 5) is 54.9. The average Bonchev–Trinajstić information content (AvgIpc) is 3.46. The summed E-state index contributed by atoms with van der Waals surface area (Å²) in [5, 5.41) is 15.8. The molecule has 1 aromatic carbocycles. The number of benzene rings is 1. The zero-order valence-corrected chi connectivity index (χ0v) is 21.4. The van der Waals surface area contributed by atoms with Crippen LogP contribution in [0, 0.1) is 46.3 Å². The maximum atomic E-state index is 13.4. The topological polar surface area (TPSA) is 156 Å². The summed E-state index contributed by atoms with van der Waals surface area (Å²) >= 11 is 0. The summed E-state index contributed by atoms with van der Waals surface area (Å²) < 4.78 is 6.82. The number of carbonyl (C=O) groups excluding carboxylic acids is 4. The van der Waals surface area contributed by atoms with Gasteiger partial charge in [0.15, 0.2) is 12.3 Å². The van der Waals surface area contributed by atoms with Gasteiger partial charge in [-0.2, -0.15) is 5.10 Å². The minimum absolute atomic E-state index is 0.0234. The number of anilines is 1. The van der Waals surface area contributed by atoms with Crippen LogP contribution in [0.4, 0.5) is 5.69 Å². The molecule has 1 aliphatic heterocycles. The van der Waals surface area contributed by atoms with E-state index >= 15 is 0 Å². The van der Waals surface area contributed by atoms with Crippen molar-refractivity contribution in [1.29, 1.82) is 0 Å². The summed E-state index contributed by atoms with van der Waals surface area (Å²) in [5.74, 6) is 2.98. The normalized spacial score (nSPS) is 35.7. The molecule has 0 radical (unpaired) electrons. The van der Waals surface area contributed by atoms with E-state index in [2.05, 4.69) is 31.3 Å². The zero-order chi connectivity index (χ0) is 27.1. The Balaban J connectivity index is 0.897. The van der Waals surface area contributed by atoms with Crippen LogP contribution in [0.25, 0.3) is 5.65 Å². The first kappa shape index (κ1) is 22.3. The summed E-state index contributed by atoms with van der Waals surface area (Å²) in [5.41, 5.74) is 2.14. The fourth-order valence-electron chi connectivity index (χ4n) is 9.80. The van der Waals surface area contributed by atoms with E-state index in [-0.39, 0.29) is 53.1 Å². The van der Waals surface area contributed by atoms with Crippen LogP contribution in [0.1, 0.15) is 26.5 Å². The van der Waals surface area contributed by atoms with Gasteiger partial charge in [0.05, 0.1) is 17.3 Å². The van der Waals surface area contributed by atoms with Crippen molar-refractivity contribution in [3.05, 3.63) is 53.5 Å². The van der Waals surface area contributed by atoms with Gasteiger partial charge in [-0.15, -0.1) is 0 Å². The molecule has 0 atom stereocenters. The Kier molecular flexibility index (Phi) is 3.90. The van der Waals surface area contributed by atoms with Crippen LogP contribution in [-0.4, -0.2) is 58.4 Å². The molecule has 4 N–H and O–H groups in total. The minimum atomic E-state index is -0.434. The maximum Gasteiger partial charge on any atom is 0.270 e. The molecule has 6 aliphatic carbocycles. The van der Waals surface area contributed by atoms with E-state index in [1.807, 2.05) is 6.07 Å². The molecule has 3 aromatic rings. The van der Waals surface area contributed by atoms with Gasteiger partial charge in [0.25, 0.3) is 17.7 Å². The second-order valence-electron chi connectivity index (χ2n) is 11.9. The van der Waals surface area contributed by atoms with Gasteiger partial charge in [0.1, 0.15) is 17.1 Å². The number of fused-ring (bicyclic) bond motifs is 2. The van der Waals surface area contributed by atoms with Crippen molar-refractivity contribution in [3.63, 3.8) is 0 Å². The van der Waals surface area contributed by atoms with Gasteiger partial charge in [-0.3, -0.25) is 19.2 Å². The fourth-order valence-corrected chi connectivity index (χ4v) is 9.80. The number of nitrogens with zero attached hydrogens (tertiary/aromatic N) is 3. The lowest BCUT2D eigenvalue weighted by atomic mass is 8.92. The first-order valence-electron chi connectivity index (χ1n) is 13.6. The van der Waals surface area contributed by atoms with Crippen molar-refractivity contribution >= 4 is 35.0 Å². The summed E-state index contributed by atoms with van der Waals surface area (Å²) in [7, 11) is 1.73. The molecule has 2 aromatic heterocycles. The van der Waals surface area contributed by atoms with E-state index in [4.69, 9.17) is 4.74 Å². The smallest absolute Gasteiger partial charge is 0.270 e. The fraction of sp³-hybridized carbons (Fsp3) is 0.429. The van der Waals surface area contributed by atoms with Crippen LogP contribution in [0.3, 0.4) is 0 Å². The zero-order valence-electron chi connectivity index (χ0n) is 21.4. The van der Waals surface area contributed by atoms with Crippen LogP contribution in [0.15, 0.2) is 36.5 Å². The summed E-state index contributed by atoms with van der Waals surface area (Å²) in [6, 6.07) is 8.42. The number of nitrogens with one attached hydrogen (secondary N) is 4. The van der Waals surface area contributed by atoms with Crippen LogP contribution < -0.4 is 26.0 Å². The molecule has 10 rings (SSSR count). The monoisotopic (exact) mass is 539 g/mol. The lowest BCUT2D eigenvalue weighted by molar-refractivity contribution is -0.639. The molecule has 7 aliphatic rings. The average molecular weight is 540 g/mol. The second-order valence-corrected chi connectivity index (χ2v) is 11.9. The third kappa shape index (κ3) is 2.21. The van der Waals surface area contributed by atoms with Gasteiger partial charge in [0.2, 0.25) is 5.91 Å². The van der Waals surface area contributed by atoms with Crippen LogP contribution in [0.5, 0.6) is 5.75 Å². The molecular formula is C28H25N7O5. The highest BCUT2D eigenvalue weighted by Gasteiger charge is 3.11. The van der Waals surface area contributed by atoms with Crippen LogP contribution in [0.2, 0.25) is 0 Å². The predicted molar refractivity (Wildman–Crippen MR) is 137 cm³/mol. The van der Waals surface area contributed by atoms with Crippen molar-refractivity contribution in [2.75, 3.05) is 25.5 Å². The van der Waals surface area contributed by atoms with Crippen molar-refractivity contribution in [1.82, 2.24) is 30.5 Å². The molecule has 12 heteroatoms. The number of rotatable bonds is 7. The van der Waals surface area contributed by atoms with E-state index in [0.29, 0.717) is 59.1 Å². The third-order valence-electron chi connectivity index (χ3n) is 11.0. The molecule has 202 valence electrons. The summed E-state index contributed by atoms with van der Waals surface area (Å²) in [6.45, 7) is 0.762. The van der Waals surface area contributed by atoms with E-state index in [9.17, 15) is 19.2 Å². The lowest BCUT2D eigenvalue weighted by Crippen LogP contribution is -3.12. The molecule has 0 spiro atoms. The molecule has 0 saturated heterocycles. The molecule has 6 saturated carbocycles.